The minimum Gasteiger partial charge on any atom is -0.466 e. The van der Waals surface area contributed by atoms with Gasteiger partial charge in [-0.05, 0) is 60.9 Å². The van der Waals surface area contributed by atoms with Crippen molar-refractivity contribution >= 4 is 17.6 Å². The Morgan fingerprint density at radius 3 is 2.16 bits per heavy atom. The summed E-state index contributed by atoms with van der Waals surface area (Å²) in [7, 11) is 2.42. The highest BCUT2D eigenvalue weighted by molar-refractivity contribution is 6.06. The first-order chi connectivity index (χ1) is 18.3. The first-order valence-corrected chi connectivity index (χ1v) is 11.8. The van der Waals surface area contributed by atoms with Crippen LogP contribution in [0.3, 0.4) is 0 Å². The molecule has 0 saturated heterocycles. The zero-order chi connectivity index (χ0) is 27.4. The number of rotatable bonds is 6. The number of nitrogens with two attached hydrogens (primary N) is 1. The molecule has 1 aliphatic heterocycles. The van der Waals surface area contributed by atoms with Crippen LogP contribution >= 0.6 is 0 Å². The van der Waals surface area contributed by atoms with E-state index in [1.54, 1.807) is 48.5 Å². The summed E-state index contributed by atoms with van der Waals surface area (Å²) in [6.07, 6.45) is 0. The van der Waals surface area contributed by atoms with Gasteiger partial charge in [-0.1, -0.05) is 42.5 Å². The number of methoxy groups -OCH3 is 2. The topological polar surface area (TPSA) is 115 Å². The van der Waals surface area contributed by atoms with E-state index in [2.05, 4.69) is 6.07 Å². The molecule has 8 nitrogen and oxygen atoms in total. The van der Waals surface area contributed by atoms with E-state index in [-0.39, 0.29) is 22.7 Å². The first kappa shape index (κ1) is 26.0. The maximum atomic E-state index is 13.2. The van der Waals surface area contributed by atoms with Crippen molar-refractivity contribution in [1.29, 1.82) is 5.26 Å². The summed E-state index contributed by atoms with van der Waals surface area (Å²) in [4.78, 5) is 27.6. The number of carbonyl (C=O) groups excluding carboxylic acids is 2. The molecule has 8 heteroatoms. The largest absolute Gasteiger partial charge is 0.466 e. The number of nitriles is 1. The third-order valence-corrected chi connectivity index (χ3v) is 6.49. The van der Waals surface area contributed by atoms with Gasteiger partial charge in [-0.2, -0.15) is 5.26 Å². The minimum absolute atomic E-state index is 0.00222. The highest BCUT2D eigenvalue weighted by Crippen LogP contribution is 2.43. The van der Waals surface area contributed by atoms with Gasteiger partial charge >= 0.3 is 11.9 Å². The molecule has 0 fully saturated rings. The van der Waals surface area contributed by atoms with E-state index in [1.165, 1.54) is 19.1 Å². The van der Waals surface area contributed by atoms with E-state index in [0.717, 1.165) is 16.9 Å². The van der Waals surface area contributed by atoms with Gasteiger partial charge in [-0.25, -0.2) is 9.59 Å². The number of allylic oxidation sites excluding steroid dienone is 1. The molecule has 3 aromatic rings. The zero-order valence-electron chi connectivity index (χ0n) is 21.5. The Morgan fingerprint density at radius 2 is 1.55 bits per heavy atom. The predicted octanol–water partition coefficient (Wildman–Crippen LogP) is 4.99. The molecule has 3 aromatic carbocycles. The molecule has 0 amide bonds. The van der Waals surface area contributed by atoms with Crippen LogP contribution in [-0.4, -0.2) is 26.2 Å². The Bertz CT molecular complexity index is 1480. The number of hydrogen-bond acceptors (Lipinski definition) is 8. The van der Waals surface area contributed by atoms with Crippen molar-refractivity contribution in [2.75, 3.05) is 19.1 Å². The van der Waals surface area contributed by atoms with Crippen molar-refractivity contribution in [2.45, 2.75) is 19.8 Å². The van der Waals surface area contributed by atoms with E-state index in [1.807, 2.05) is 38.1 Å². The first-order valence-electron chi connectivity index (χ1n) is 11.8. The predicted molar refractivity (Wildman–Crippen MR) is 142 cm³/mol. The lowest BCUT2D eigenvalue weighted by atomic mass is 9.81. The van der Waals surface area contributed by atoms with Gasteiger partial charge in [-0.15, -0.1) is 0 Å². The van der Waals surface area contributed by atoms with Gasteiger partial charge < -0.3 is 19.9 Å². The zero-order valence-corrected chi connectivity index (χ0v) is 21.5. The molecule has 1 aliphatic rings. The van der Waals surface area contributed by atoms with Crippen molar-refractivity contribution in [2.24, 2.45) is 5.73 Å². The second-order valence-electron chi connectivity index (χ2n) is 8.63. The molecule has 192 valence electrons. The van der Waals surface area contributed by atoms with Crippen molar-refractivity contribution in [3.63, 3.8) is 0 Å². The van der Waals surface area contributed by atoms with Crippen LogP contribution in [0, 0.1) is 25.2 Å². The Labute approximate surface area is 221 Å². The quantitative estimate of drug-likeness (QED) is 0.462. The Hall–Kier alpha value is -5.03. The molecule has 38 heavy (non-hydrogen) atoms. The lowest BCUT2D eigenvalue weighted by molar-refractivity contribution is -0.139. The molecule has 0 aliphatic carbocycles. The third-order valence-electron chi connectivity index (χ3n) is 6.49. The monoisotopic (exact) mass is 509 g/mol. The number of nitrogens with zero attached hydrogens (tertiary/aromatic N) is 2. The van der Waals surface area contributed by atoms with Crippen molar-refractivity contribution in [3.05, 3.63) is 112 Å². The van der Waals surface area contributed by atoms with E-state index in [4.69, 9.17) is 19.9 Å². The molecule has 1 heterocycles. The number of esters is 2. The van der Waals surface area contributed by atoms with E-state index in [0.29, 0.717) is 17.0 Å². The number of carbonyl (C=O) groups is 2. The molecule has 0 spiro atoms. The maximum absolute atomic E-state index is 13.2. The molecule has 0 saturated carbocycles. The molecule has 1 unspecified atom stereocenters. The molecule has 4 rings (SSSR count). The summed E-state index contributed by atoms with van der Waals surface area (Å²) in [5, 5.41) is 10.1. The fourth-order valence-corrected chi connectivity index (χ4v) is 4.41. The molecular weight excluding hydrogens is 482 g/mol. The van der Waals surface area contributed by atoms with Crippen LogP contribution in [0.25, 0.3) is 0 Å². The van der Waals surface area contributed by atoms with Crippen LogP contribution in [-0.2, 0) is 19.1 Å². The average molecular weight is 510 g/mol. The maximum Gasteiger partial charge on any atom is 0.355 e. The Kier molecular flexibility index (Phi) is 7.49. The molecular formula is C30H27N3O5. The number of anilines is 1. The summed E-state index contributed by atoms with van der Waals surface area (Å²) >= 11 is 0. The van der Waals surface area contributed by atoms with Gasteiger partial charge in [0.1, 0.15) is 23.0 Å². The van der Waals surface area contributed by atoms with Gasteiger partial charge in [0, 0.05) is 5.69 Å². The van der Waals surface area contributed by atoms with Gasteiger partial charge in [0.25, 0.3) is 0 Å². The molecule has 0 bridgehead atoms. The number of hydrogen-bond donors (Lipinski definition) is 1. The van der Waals surface area contributed by atoms with Gasteiger partial charge in [-0.3, -0.25) is 4.90 Å². The van der Waals surface area contributed by atoms with Crippen molar-refractivity contribution < 1.29 is 23.8 Å². The number of aryl methyl sites for hydroxylation is 1. The highest BCUT2D eigenvalue weighted by Gasteiger charge is 2.42. The standard InChI is InChI=1S/C30H27N3O5/c1-18-9-8-12-24(19(18)2)38-22-15-13-21(14-16-22)33-27(30(35)37-4)26(29(34)36-3)25(23(17-31)28(33)32)20-10-6-5-7-11-20/h5-16,25H,32H2,1-4H3. The lowest BCUT2D eigenvalue weighted by Gasteiger charge is -2.35. The fourth-order valence-electron chi connectivity index (χ4n) is 4.41. The Balaban J connectivity index is 1.86. The summed E-state index contributed by atoms with van der Waals surface area (Å²) in [5.74, 6) is -1.23. The lowest BCUT2D eigenvalue weighted by Crippen LogP contribution is -2.40. The van der Waals surface area contributed by atoms with Gasteiger partial charge in [0.15, 0.2) is 0 Å². The van der Waals surface area contributed by atoms with E-state index < -0.39 is 17.9 Å². The highest BCUT2D eigenvalue weighted by atomic mass is 16.5. The van der Waals surface area contributed by atoms with Crippen molar-refractivity contribution in [1.82, 2.24) is 0 Å². The van der Waals surface area contributed by atoms with Crippen LogP contribution in [0.5, 0.6) is 11.5 Å². The molecule has 0 aromatic heterocycles. The van der Waals surface area contributed by atoms with E-state index in [9.17, 15) is 14.9 Å². The second-order valence-corrected chi connectivity index (χ2v) is 8.63. The Morgan fingerprint density at radius 1 is 0.895 bits per heavy atom. The minimum atomic E-state index is -0.925. The normalized spacial score (nSPS) is 15.1. The molecule has 2 N–H and O–H groups in total. The van der Waals surface area contributed by atoms with E-state index >= 15 is 0 Å². The summed E-state index contributed by atoms with van der Waals surface area (Å²) < 4.78 is 16.2. The summed E-state index contributed by atoms with van der Waals surface area (Å²) in [6, 6.07) is 23.6. The van der Waals surface area contributed by atoms with Crippen LogP contribution in [0.15, 0.2) is 95.5 Å². The second kappa shape index (κ2) is 10.9. The third kappa shape index (κ3) is 4.70. The summed E-state index contributed by atoms with van der Waals surface area (Å²) in [5.41, 5.74) is 9.60. The fraction of sp³-hybridized carbons (Fsp3) is 0.167. The van der Waals surface area contributed by atoms with Gasteiger partial charge in [0.2, 0.25) is 0 Å². The smallest absolute Gasteiger partial charge is 0.355 e. The van der Waals surface area contributed by atoms with Crippen LogP contribution in [0.1, 0.15) is 22.6 Å². The number of ether oxygens (including phenoxy) is 3. The summed E-state index contributed by atoms with van der Waals surface area (Å²) in [6.45, 7) is 3.98. The van der Waals surface area contributed by atoms with Crippen LogP contribution in [0.4, 0.5) is 5.69 Å². The number of benzene rings is 3. The molecule has 1 atom stereocenters. The van der Waals surface area contributed by atoms with Crippen LogP contribution in [0.2, 0.25) is 0 Å². The average Bonchev–Trinajstić information content (AvgIpc) is 2.95. The van der Waals surface area contributed by atoms with Crippen molar-refractivity contribution in [3.8, 4) is 17.6 Å². The van der Waals surface area contributed by atoms with Gasteiger partial charge in [0.05, 0.1) is 37.4 Å². The molecule has 0 radical (unpaired) electrons. The SMILES string of the molecule is COC(=O)C1=C(C(=O)OC)N(c2ccc(Oc3cccc(C)c3C)cc2)C(N)=C(C#N)C1c1ccccc1. The van der Waals surface area contributed by atoms with Crippen LogP contribution < -0.4 is 15.4 Å².